The van der Waals surface area contributed by atoms with E-state index in [0.717, 1.165) is 26.2 Å². The van der Waals surface area contributed by atoms with Crippen molar-refractivity contribution < 1.29 is 8.42 Å². The fourth-order valence-corrected chi connectivity index (χ4v) is 4.89. The topological polar surface area (TPSA) is 110 Å². The molecule has 3 aromatic heterocycles. The molecule has 27 heavy (non-hydrogen) atoms. The molecule has 0 bridgehead atoms. The third-order valence-electron chi connectivity index (χ3n) is 3.97. The Morgan fingerprint density at radius 3 is 2.70 bits per heavy atom. The molecule has 0 amide bonds. The van der Waals surface area contributed by atoms with Gasteiger partial charge in [-0.15, -0.1) is 11.3 Å². The summed E-state index contributed by atoms with van der Waals surface area (Å²) in [6, 6.07) is 9.16. The summed E-state index contributed by atoms with van der Waals surface area (Å²) in [5, 5.41) is 2.68. The van der Waals surface area contributed by atoms with Crippen LogP contribution in [-0.2, 0) is 10.2 Å². The van der Waals surface area contributed by atoms with Gasteiger partial charge in [0.05, 0.1) is 17.0 Å². The van der Waals surface area contributed by atoms with Crippen LogP contribution in [0.3, 0.4) is 0 Å². The minimum atomic E-state index is -3.87. The summed E-state index contributed by atoms with van der Waals surface area (Å²) in [4.78, 5) is 23.5. The van der Waals surface area contributed by atoms with Crippen molar-refractivity contribution in [1.82, 2.24) is 18.9 Å². The van der Waals surface area contributed by atoms with Crippen molar-refractivity contribution in [2.24, 2.45) is 0 Å². The van der Waals surface area contributed by atoms with Crippen LogP contribution in [0.25, 0.3) is 22.2 Å². The normalized spacial score (nSPS) is 11.8. The van der Waals surface area contributed by atoms with Crippen molar-refractivity contribution in [3.63, 3.8) is 0 Å². The third-order valence-corrected chi connectivity index (χ3v) is 6.20. The molecule has 0 unspecified atom stereocenters. The summed E-state index contributed by atoms with van der Waals surface area (Å²) in [6.07, 6.45) is 1.43. The molecule has 4 aromatic rings. The number of nitrogens with one attached hydrogen (secondary N) is 2. The molecular weight excluding hydrogens is 386 g/mol. The van der Waals surface area contributed by atoms with Crippen LogP contribution in [0.2, 0.25) is 0 Å². The number of imidazole rings is 1. The highest BCUT2D eigenvalue weighted by Gasteiger charge is 2.19. The molecule has 138 valence electrons. The number of anilines is 1. The predicted molar refractivity (Wildman–Crippen MR) is 105 cm³/mol. The van der Waals surface area contributed by atoms with E-state index >= 15 is 0 Å². The molecule has 0 aliphatic carbocycles. The SMILES string of the molecule is Cc1cn(S(=O)(=O)Nc2nc(-c3cc4ccccc4[nH]c3=O)cs2)c(C)n1. The van der Waals surface area contributed by atoms with E-state index < -0.39 is 10.2 Å². The Balaban J connectivity index is 1.69. The van der Waals surface area contributed by atoms with Gasteiger partial charge in [0.1, 0.15) is 5.82 Å². The summed E-state index contributed by atoms with van der Waals surface area (Å²) in [5.74, 6) is 0.350. The van der Waals surface area contributed by atoms with Crippen molar-refractivity contribution >= 4 is 37.6 Å². The molecule has 0 spiro atoms. The number of benzene rings is 1. The predicted octanol–water partition coefficient (Wildman–Crippen LogP) is 2.67. The number of aromatic nitrogens is 4. The van der Waals surface area contributed by atoms with Gasteiger partial charge in [-0.05, 0) is 31.4 Å². The Labute approximate surface area is 158 Å². The second-order valence-corrected chi connectivity index (χ2v) is 8.38. The number of H-pyrrole nitrogens is 1. The van der Waals surface area contributed by atoms with Crippen molar-refractivity contribution in [2.75, 3.05) is 4.72 Å². The second-order valence-electron chi connectivity index (χ2n) is 5.97. The van der Waals surface area contributed by atoms with E-state index in [4.69, 9.17) is 0 Å². The Kier molecular flexibility index (Phi) is 4.08. The molecular formula is C17H15N5O3S2. The molecule has 2 N–H and O–H groups in total. The lowest BCUT2D eigenvalue weighted by atomic mass is 10.1. The van der Waals surface area contributed by atoms with E-state index in [1.807, 2.05) is 24.3 Å². The van der Waals surface area contributed by atoms with Gasteiger partial charge in [-0.25, -0.2) is 18.7 Å². The molecule has 3 heterocycles. The van der Waals surface area contributed by atoms with Crippen LogP contribution in [0.4, 0.5) is 5.13 Å². The summed E-state index contributed by atoms with van der Waals surface area (Å²) in [5.41, 5.74) is 1.83. The van der Waals surface area contributed by atoms with Gasteiger partial charge < -0.3 is 4.98 Å². The van der Waals surface area contributed by atoms with E-state index in [0.29, 0.717) is 22.8 Å². The molecule has 0 saturated carbocycles. The summed E-state index contributed by atoms with van der Waals surface area (Å²) in [7, 11) is -3.87. The van der Waals surface area contributed by atoms with Crippen LogP contribution in [0.1, 0.15) is 11.5 Å². The van der Waals surface area contributed by atoms with E-state index in [9.17, 15) is 13.2 Å². The molecule has 0 fully saturated rings. The number of aromatic amines is 1. The van der Waals surface area contributed by atoms with Gasteiger partial charge in [-0.2, -0.15) is 8.42 Å². The fraction of sp³-hybridized carbons (Fsp3) is 0.118. The summed E-state index contributed by atoms with van der Waals surface area (Å²) in [6.45, 7) is 3.32. The first-order chi connectivity index (χ1) is 12.8. The number of para-hydroxylation sites is 1. The van der Waals surface area contributed by atoms with E-state index in [1.165, 1.54) is 6.20 Å². The average molecular weight is 401 g/mol. The van der Waals surface area contributed by atoms with Crippen LogP contribution in [0, 0.1) is 13.8 Å². The molecule has 10 heteroatoms. The van der Waals surface area contributed by atoms with E-state index in [1.54, 1.807) is 25.3 Å². The van der Waals surface area contributed by atoms with E-state index in [2.05, 4.69) is 19.7 Å². The van der Waals surface area contributed by atoms with Crippen molar-refractivity contribution in [3.8, 4) is 11.3 Å². The van der Waals surface area contributed by atoms with Crippen LogP contribution < -0.4 is 10.3 Å². The number of pyridine rings is 1. The summed E-state index contributed by atoms with van der Waals surface area (Å²) >= 11 is 1.10. The molecule has 0 aliphatic rings. The van der Waals surface area contributed by atoms with Gasteiger partial charge in [0.2, 0.25) is 0 Å². The maximum absolute atomic E-state index is 12.5. The maximum Gasteiger partial charge on any atom is 0.330 e. The number of rotatable bonds is 4. The number of aryl methyl sites for hydroxylation is 2. The van der Waals surface area contributed by atoms with Gasteiger partial charge in [-0.3, -0.25) is 4.79 Å². The second kappa shape index (κ2) is 6.32. The lowest BCUT2D eigenvalue weighted by Gasteiger charge is -2.07. The molecule has 0 saturated heterocycles. The number of thiazole rings is 1. The molecule has 0 radical (unpaired) electrons. The Morgan fingerprint density at radius 1 is 1.19 bits per heavy atom. The van der Waals surface area contributed by atoms with Crippen molar-refractivity contribution in [3.05, 3.63) is 63.8 Å². The zero-order chi connectivity index (χ0) is 19.2. The lowest BCUT2D eigenvalue weighted by molar-refractivity contribution is 0.591. The standard InChI is InChI=1S/C17H15N5O3S2/c1-10-8-22(11(2)18-10)27(24,25)21-17-20-15(9-26-17)13-7-12-5-3-4-6-14(12)19-16(13)23/h3-9H,1-2H3,(H,19,23)(H,20,21). The van der Waals surface area contributed by atoms with Crippen molar-refractivity contribution in [2.45, 2.75) is 13.8 Å². The van der Waals surface area contributed by atoms with Gasteiger partial charge in [0.15, 0.2) is 5.13 Å². The molecule has 0 atom stereocenters. The Morgan fingerprint density at radius 2 is 1.96 bits per heavy atom. The highest BCUT2D eigenvalue weighted by Crippen LogP contribution is 2.25. The average Bonchev–Trinajstić information content (AvgIpc) is 3.20. The largest absolute Gasteiger partial charge is 0.330 e. The number of hydrogen-bond donors (Lipinski definition) is 2. The zero-order valence-corrected chi connectivity index (χ0v) is 16.1. The molecule has 4 rings (SSSR count). The minimum absolute atomic E-state index is 0.170. The van der Waals surface area contributed by atoms with Crippen LogP contribution >= 0.6 is 11.3 Å². The quantitative estimate of drug-likeness (QED) is 0.546. The maximum atomic E-state index is 12.5. The fourth-order valence-electron chi connectivity index (χ4n) is 2.78. The van der Waals surface area contributed by atoms with Gasteiger partial charge in [0.25, 0.3) is 5.56 Å². The summed E-state index contributed by atoms with van der Waals surface area (Å²) < 4.78 is 28.6. The van der Waals surface area contributed by atoms with Gasteiger partial charge in [-0.1, -0.05) is 18.2 Å². The Hall–Kier alpha value is -2.98. The lowest BCUT2D eigenvalue weighted by Crippen LogP contribution is -2.22. The van der Waals surface area contributed by atoms with Crippen LogP contribution in [0.15, 0.2) is 46.7 Å². The monoisotopic (exact) mass is 401 g/mol. The van der Waals surface area contributed by atoms with Gasteiger partial charge >= 0.3 is 10.2 Å². The first-order valence-corrected chi connectivity index (χ1v) is 10.3. The minimum Gasteiger partial charge on any atom is -0.321 e. The number of nitrogens with zero attached hydrogens (tertiary/aromatic N) is 3. The van der Waals surface area contributed by atoms with Crippen LogP contribution in [0.5, 0.6) is 0 Å². The number of fused-ring (bicyclic) bond motifs is 1. The third kappa shape index (κ3) is 3.24. The van der Waals surface area contributed by atoms with Crippen molar-refractivity contribution in [1.29, 1.82) is 0 Å². The smallest absolute Gasteiger partial charge is 0.321 e. The zero-order valence-electron chi connectivity index (χ0n) is 14.4. The van der Waals surface area contributed by atoms with Gasteiger partial charge in [0, 0.05) is 17.1 Å². The molecule has 8 nitrogen and oxygen atoms in total. The van der Waals surface area contributed by atoms with E-state index in [-0.39, 0.29) is 10.7 Å². The Bertz CT molecular complexity index is 1320. The van der Waals surface area contributed by atoms with Crippen LogP contribution in [-0.4, -0.2) is 27.3 Å². The number of hydrogen-bond acceptors (Lipinski definition) is 6. The molecule has 0 aliphatic heterocycles. The molecule has 1 aromatic carbocycles. The first kappa shape index (κ1) is 17.4. The highest BCUT2D eigenvalue weighted by atomic mass is 32.2. The first-order valence-electron chi connectivity index (χ1n) is 7.97. The highest BCUT2D eigenvalue weighted by molar-refractivity contribution is 7.91.